The first-order valence-corrected chi connectivity index (χ1v) is 9.71. The van der Waals surface area contributed by atoms with Gasteiger partial charge >= 0.3 is 6.03 Å². The fourth-order valence-corrected chi connectivity index (χ4v) is 3.80. The second-order valence-corrected chi connectivity index (χ2v) is 7.30. The van der Waals surface area contributed by atoms with Crippen LogP contribution in [0, 0.1) is 0 Å². The van der Waals surface area contributed by atoms with E-state index in [1.807, 2.05) is 12.1 Å². The molecule has 2 amide bonds. The minimum absolute atomic E-state index is 0.0338. The van der Waals surface area contributed by atoms with Crippen molar-refractivity contribution in [2.45, 2.75) is 19.0 Å². The monoisotopic (exact) mass is 395 g/mol. The Hall–Kier alpha value is -2.76. The van der Waals surface area contributed by atoms with Crippen LogP contribution < -0.4 is 10.6 Å². The number of rotatable bonds is 5. The molecule has 0 unspecified atom stereocenters. The maximum Gasteiger partial charge on any atom is 0.319 e. The SMILES string of the molecule is O=C(NC[C@@H](c1ccco1)N1CCc2ccccc2C1)Nc1cccc(Cl)c1. The van der Waals surface area contributed by atoms with E-state index in [0.717, 1.165) is 25.3 Å². The number of nitrogens with zero attached hydrogens (tertiary/aromatic N) is 1. The van der Waals surface area contributed by atoms with E-state index < -0.39 is 0 Å². The molecular formula is C22H22ClN3O2. The minimum Gasteiger partial charge on any atom is -0.468 e. The van der Waals surface area contributed by atoms with Gasteiger partial charge in [0.25, 0.3) is 0 Å². The van der Waals surface area contributed by atoms with Gasteiger partial charge in [-0.15, -0.1) is 0 Å². The third kappa shape index (κ3) is 4.38. The summed E-state index contributed by atoms with van der Waals surface area (Å²) in [4.78, 5) is 14.7. The minimum atomic E-state index is -0.267. The van der Waals surface area contributed by atoms with Gasteiger partial charge in [-0.1, -0.05) is 41.9 Å². The zero-order valence-electron chi connectivity index (χ0n) is 15.4. The first-order valence-electron chi connectivity index (χ1n) is 9.34. The van der Waals surface area contributed by atoms with Gasteiger partial charge in [-0.05, 0) is 47.9 Å². The molecule has 5 nitrogen and oxygen atoms in total. The predicted molar refractivity (Wildman–Crippen MR) is 110 cm³/mol. The van der Waals surface area contributed by atoms with Gasteiger partial charge in [0.05, 0.1) is 12.3 Å². The highest BCUT2D eigenvalue weighted by atomic mass is 35.5. The van der Waals surface area contributed by atoms with Gasteiger partial charge < -0.3 is 15.1 Å². The van der Waals surface area contributed by atoms with Crippen LogP contribution in [0.15, 0.2) is 71.3 Å². The van der Waals surface area contributed by atoms with Crippen molar-refractivity contribution in [2.24, 2.45) is 0 Å². The zero-order valence-corrected chi connectivity index (χ0v) is 16.2. The van der Waals surface area contributed by atoms with Gasteiger partial charge in [0, 0.05) is 30.3 Å². The molecule has 1 aromatic heterocycles. The van der Waals surface area contributed by atoms with Crippen LogP contribution in [0.1, 0.15) is 22.9 Å². The fourth-order valence-electron chi connectivity index (χ4n) is 3.60. The Labute approximate surface area is 169 Å². The highest BCUT2D eigenvalue weighted by molar-refractivity contribution is 6.30. The van der Waals surface area contributed by atoms with Crippen molar-refractivity contribution in [2.75, 3.05) is 18.4 Å². The summed E-state index contributed by atoms with van der Waals surface area (Å²) in [5, 5.41) is 6.37. The summed E-state index contributed by atoms with van der Waals surface area (Å²) in [6, 6.07) is 19.1. The molecule has 0 aliphatic carbocycles. The number of hydrogen-bond donors (Lipinski definition) is 2. The quantitative estimate of drug-likeness (QED) is 0.649. The molecule has 3 aromatic rings. The summed E-state index contributed by atoms with van der Waals surface area (Å²) in [5.41, 5.74) is 3.38. The normalized spacial score (nSPS) is 14.9. The molecule has 2 heterocycles. The second-order valence-electron chi connectivity index (χ2n) is 6.87. The summed E-state index contributed by atoms with van der Waals surface area (Å²) in [7, 11) is 0. The third-order valence-corrected chi connectivity index (χ3v) is 5.25. The lowest BCUT2D eigenvalue weighted by Gasteiger charge is -2.34. The first kappa shape index (κ1) is 18.6. The van der Waals surface area contributed by atoms with E-state index >= 15 is 0 Å². The van der Waals surface area contributed by atoms with E-state index in [4.69, 9.17) is 16.0 Å². The first-order chi connectivity index (χ1) is 13.7. The molecule has 0 bridgehead atoms. The Morgan fingerprint density at radius 1 is 1.11 bits per heavy atom. The number of benzene rings is 2. The predicted octanol–water partition coefficient (Wildman–Crippen LogP) is 4.85. The fraction of sp³-hybridized carbons (Fsp3) is 0.227. The molecule has 0 saturated heterocycles. The molecule has 28 heavy (non-hydrogen) atoms. The van der Waals surface area contributed by atoms with Crippen LogP contribution in [0.5, 0.6) is 0 Å². The van der Waals surface area contributed by atoms with Crippen LogP contribution in [0.3, 0.4) is 0 Å². The number of halogens is 1. The van der Waals surface area contributed by atoms with Crippen LogP contribution in [0.25, 0.3) is 0 Å². The van der Waals surface area contributed by atoms with Crippen molar-refractivity contribution in [1.82, 2.24) is 10.2 Å². The smallest absolute Gasteiger partial charge is 0.319 e. The van der Waals surface area contributed by atoms with Crippen LogP contribution in [-0.2, 0) is 13.0 Å². The van der Waals surface area contributed by atoms with Crippen LogP contribution >= 0.6 is 11.6 Å². The molecule has 1 atom stereocenters. The van der Waals surface area contributed by atoms with E-state index in [9.17, 15) is 4.79 Å². The number of fused-ring (bicyclic) bond motifs is 1. The van der Waals surface area contributed by atoms with Gasteiger partial charge in [-0.3, -0.25) is 4.90 Å². The Morgan fingerprint density at radius 2 is 1.96 bits per heavy atom. The van der Waals surface area contributed by atoms with Crippen molar-refractivity contribution in [3.63, 3.8) is 0 Å². The number of anilines is 1. The van der Waals surface area contributed by atoms with E-state index in [1.165, 1.54) is 11.1 Å². The third-order valence-electron chi connectivity index (χ3n) is 5.01. The van der Waals surface area contributed by atoms with Crippen LogP contribution in [0.4, 0.5) is 10.5 Å². The largest absolute Gasteiger partial charge is 0.468 e. The molecule has 144 valence electrons. The topological polar surface area (TPSA) is 57.5 Å². The molecule has 0 fully saturated rings. The van der Waals surface area contributed by atoms with Crippen molar-refractivity contribution in [3.8, 4) is 0 Å². The summed E-state index contributed by atoms with van der Waals surface area (Å²) in [6.07, 6.45) is 2.66. The Morgan fingerprint density at radius 3 is 2.75 bits per heavy atom. The molecule has 2 N–H and O–H groups in total. The molecule has 6 heteroatoms. The summed E-state index contributed by atoms with van der Waals surface area (Å²) in [5.74, 6) is 0.849. The average Bonchev–Trinajstić information content (AvgIpc) is 3.22. The van der Waals surface area contributed by atoms with Crippen molar-refractivity contribution in [1.29, 1.82) is 0 Å². The van der Waals surface area contributed by atoms with Gasteiger partial charge in [0.15, 0.2) is 0 Å². The lowest BCUT2D eigenvalue weighted by Crippen LogP contribution is -2.41. The lowest BCUT2D eigenvalue weighted by atomic mass is 9.98. The van der Waals surface area contributed by atoms with Gasteiger partial charge in [-0.25, -0.2) is 4.79 Å². The number of carbonyl (C=O) groups excluding carboxylic acids is 1. The number of furan rings is 1. The van der Waals surface area contributed by atoms with Crippen LogP contribution in [-0.4, -0.2) is 24.0 Å². The molecule has 1 aliphatic rings. The van der Waals surface area contributed by atoms with Gasteiger partial charge in [-0.2, -0.15) is 0 Å². The Bertz CT molecular complexity index is 942. The highest BCUT2D eigenvalue weighted by Crippen LogP contribution is 2.28. The van der Waals surface area contributed by atoms with E-state index in [2.05, 4.69) is 39.8 Å². The maximum absolute atomic E-state index is 12.4. The summed E-state index contributed by atoms with van der Waals surface area (Å²) in [6.45, 7) is 2.20. The molecule has 0 radical (unpaired) electrons. The second kappa shape index (κ2) is 8.50. The molecule has 0 saturated carbocycles. The molecule has 4 rings (SSSR count). The Balaban J connectivity index is 1.43. The maximum atomic E-state index is 12.4. The van der Waals surface area contributed by atoms with E-state index in [1.54, 1.807) is 30.5 Å². The molecule has 2 aromatic carbocycles. The lowest BCUT2D eigenvalue weighted by molar-refractivity contribution is 0.156. The van der Waals surface area contributed by atoms with Crippen molar-refractivity contribution < 1.29 is 9.21 Å². The molecular weight excluding hydrogens is 374 g/mol. The van der Waals surface area contributed by atoms with E-state index in [0.29, 0.717) is 17.3 Å². The van der Waals surface area contributed by atoms with Gasteiger partial charge in [0.1, 0.15) is 5.76 Å². The number of hydrogen-bond acceptors (Lipinski definition) is 3. The number of amides is 2. The standard InChI is InChI=1S/C22H22ClN3O2/c23-18-7-3-8-19(13-18)25-22(27)24-14-20(21-9-4-12-28-21)26-11-10-16-5-1-2-6-17(16)15-26/h1-9,12-13,20H,10-11,14-15H2,(H2,24,25,27)/t20-/m0/s1. The molecule has 0 spiro atoms. The number of nitrogens with one attached hydrogen (secondary N) is 2. The van der Waals surface area contributed by atoms with Gasteiger partial charge in [0.2, 0.25) is 0 Å². The Kier molecular flexibility index (Phi) is 5.65. The average molecular weight is 396 g/mol. The number of carbonyl (C=O) groups is 1. The summed E-state index contributed by atoms with van der Waals surface area (Å²) >= 11 is 5.98. The van der Waals surface area contributed by atoms with Crippen molar-refractivity contribution >= 4 is 23.3 Å². The van der Waals surface area contributed by atoms with Crippen molar-refractivity contribution in [3.05, 3.63) is 88.8 Å². The molecule has 1 aliphatic heterocycles. The number of urea groups is 1. The highest BCUT2D eigenvalue weighted by Gasteiger charge is 2.27. The van der Waals surface area contributed by atoms with E-state index in [-0.39, 0.29) is 12.1 Å². The van der Waals surface area contributed by atoms with Crippen LogP contribution in [0.2, 0.25) is 5.02 Å². The zero-order chi connectivity index (χ0) is 19.3. The summed E-state index contributed by atoms with van der Waals surface area (Å²) < 4.78 is 5.67.